The molecule has 1 aromatic carbocycles. The van der Waals surface area contributed by atoms with Crippen molar-refractivity contribution in [1.82, 2.24) is 9.80 Å². The van der Waals surface area contributed by atoms with Crippen LogP contribution >= 0.6 is 0 Å². The number of hydrogen-bond acceptors (Lipinski definition) is 4. The minimum Gasteiger partial charge on any atom is -0.308 e. The largest absolute Gasteiger partial charge is 0.308 e. The third-order valence-electron chi connectivity index (χ3n) is 3.14. The first kappa shape index (κ1) is 17.5. The molecular formula is C15H24FN3O2. The molecule has 0 fully saturated rings. The molecule has 0 saturated heterocycles. The summed E-state index contributed by atoms with van der Waals surface area (Å²) < 4.78 is 14.1. The zero-order valence-electron chi connectivity index (χ0n) is 13.2. The molecule has 0 aliphatic carbocycles. The van der Waals surface area contributed by atoms with Gasteiger partial charge in [-0.25, -0.2) is 0 Å². The van der Waals surface area contributed by atoms with E-state index >= 15 is 0 Å². The van der Waals surface area contributed by atoms with Gasteiger partial charge in [-0.05, 0) is 20.0 Å². The zero-order valence-corrected chi connectivity index (χ0v) is 13.2. The van der Waals surface area contributed by atoms with Crippen molar-refractivity contribution < 1.29 is 9.31 Å². The number of nitro groups is 1. The number of hydrogen-bond donors (Lipinski definition) is 0. The third-order valence-corrected chi connectivity index (χ3v) is 3.14. The Labute approximate surface area is 125 Å². The van der Waals surface area contributed by atoms with E-state index in [4.69, 9.17) is 0 Å². The van der Waals surface area contributed by atoms with Crippen LogP contribution in [0.25, 0.3) is 0 Å². The molecule has 21 heavy (non-hydrogen) atoms. The van der Waals surface area contributed by atoms with Crippen LogP contribution in [-0.4, -0.2) is 48.5 Å². The Balaban J connectivity index is 2.87. The molecular weight excluding hydrogens is 273 g/mol. The number of likely N-dealkylation sites (N-methyl/N-ethyl adjacent to an activating group) is 1. The van der Waals surface area contributed by atoms with Crippen molar-refractivity contribution in [3.63, 3.8) is 0 Å². The molecule has 6 heteroatoms. The van der Waals surface area contributed by atoms with E-state index in [0.717, 1.165) is 19.6 Å². The van der Waals surface area contributed by atoms with E-state index in [2.05, 4.69) is 23.6 Å². The van der Waals surface area contributed by atoms with Gasteiger partial charge in [0.15, 0.2) is 0 Å². The molecule has 0 amide bonds. The molecule has 0 aliphatic rings. The summed E-state index contributed by atoms with van der Waals surface area (Å²) in [6.45, 7) is 7.09. The molecule has 0 saturated carbocycles. The zero-order chi connectivity index (χ0) is 16.0. The second-order valence-electron chi connectivity index (χ2n) is 5.94. The summed E-state index contributed by atoms with van der Waals surface area (Å²) in [6.07, 6.45) is 0. The lowest BCUT2D eigenvalue weighted by Crippen LogP contribution is -2.34. The van der Waals surface area contributed by atoms with E-state index in [9.17, 15) is 14.5 Å². The van der Waals surface area contributed by atoms with Crippen LogP contribution in [0.2, 0.25) is 0 Å². The van der Waals surface area contributed by atoms with Gasteiger partial charge in [0.1, 0.15) is 0 Å². The Hall–Kier alpha value is -1.53. The Kier molecular flexibility index (Phi) is 6.71. The van der Waals surface area contributed by atoms with Crippen molar-refractivity contribution in [2.75, 3.05) is 33.7 Å². The van der Waals surface area contributed by atoms with Crippen LogP contribution in [0.4, 0.5) is 10.1 Å². The van der Waals surface area contributed by atoms with Crippen LogP contribution in [0, 0.1) is 21.8 Å². The second kappa shape index (κ2) is 8.05. The maximum Gasteiger partial charge on any atom is 0.305 e. The van der Waals surface area contributed by atoms with Gasteiger partial charge in [0.2, 0.25) is 5.82 Å². The first-order valence-electron chi connectivity index (χ1n) is 7.10. The monoisotopic (exact) mass is 297 g/mol. The second-order valence-corrected chi connectivity index (χ2v) is 5.94. The smallest absolute Gasteiger partial charge is 0.305 e. The standard InChI is InChI=1S/C15H24FN3O2/c1-12(2)10-18(9-8-17(3)4)11-13-6-5-7-14(15(13)16)19(20)21/h5-7,12H,8-11H2,1-4H3. The highest BCUT2D eigenvalue weighted by Gasteiger charge is 2.19. The lowest BCUT2D eigenvalue weighted by Gasteiger charge is -2.26. The van der Waals surface area contributed by atoms with Crippen LogP contribution in [0.1, 0.15) is 19.4 Å². The van der Waals surface area contributed by atoms with Gasteiger partial charge >= 0.3 is 5.69 Å². The topological polar surface area (TPSA) is 49.6 Å². The van der Waals surface area contributed by atoms with Gasteiger partial charge in [-0.3, -0.25) is 15.0 Å². The number of rotatable bonds is 8. The highest BCUT2D eigenvalue weighted by atomic mass is 19.1. The molecule has 1 rings (SSSR count). The lowest BCUT2D eigenvalue weighted by molar-refractivity contribution is -0.387. The number of nitrogens with zero attached hydrogens (tertiary/aromatic N) is 3. The SMILES string of the molecule is CC(C)CN(CCN(C)C)Cc1cccc([N+](=O)[O-])c1F. The molecule has 0 radical (unpaired) electrons. The van der Waals surface area contributed by atoms with Gasteiger partial charge in [-0.1, -0.05) is 26.0 Å². The molecule has 118 valence electrons. The minimum atomic E-state index is -0.721. The van der Waals surface area contributed by atoms with Crippen LogP contribution < -0.4 is 0 Å². The average molecular weight is 297 g/mol. The van der Waals surface area contributed by atoms with E-state index in [-0.39, 0.29) is 0 Å². The highest BCUT2D eigenvalue weighted by Crippen LogP contribution is 2.21. The quantitative estimate of drug-likeness (QED) is 0.547. The van der Waals surface area contributed by atoms with Crippen molar-refractivity contribution in [1.29, 1.82) is 0 Å². The molecule has 0 bridgehead atoms. The predicted molar refractivity (Wildman–Crippen MR) is 81.7 cm³/mol. The summed E-state index contributed by atoms with van der Waals surface area (Å²) in [6, 6.07) is 4.35. The van der Waals surface area contributed by atoms with E-state index in [0.29, 0.717) is 18.0 Å². The van der Waals surface area contributed by atoms with Gasteiger partial charge in [-0.15, -0.1) is 0 Å². The van der Waals surface area contributed by atoms with Gasteiger partial charge < -0.3 is 4.90 Å². The fourth-order valence-electron chi connectivity index (χ4n) is 2.16. The van der Waals surface area contributed by atoms with Crippen molar-refractivity contribution in [3.8, 4) is 0 Å². The first-order valence-corrected chi connectivity index (χ1v) is 7.10. The molecule has 5 nitrogen and oxygen atoms in total. The molecule has 0 heterocycles. The summed E-state index contributed by atoms with van der Waals surface area (Å²) in [7, 11) is 3.98. The van der Waals surface area contributed by atoms with Crippen LogP contribution in [0.3, 0.4) is 0 Å². The number of halogens is 1. The summed E-state index contributed by atoms with van der Waals surface area (Å²) in [5, 5.41) is 10.8. The van der Waals surface area contributed by atoms with Gasteiger partial charge in [0.05, 0.1) is 4.92 Å². The Morgan fingerprint density at radius 2 is 1.95 bits per heavy atom. The fraction of sp³-hybridized carbons (Fsp3) is 0.600. The molecule has 0 N–H and O–H groups in total. The van der Waals surface area contributed by atoms with E-state index in [1.807, 2.05) is 14.1 Å². The van der Waals surface area contributed by atoms with Gasteiger partial charge in [0.25, 0.3) is 0 Å². The molecule has 0 spiro atoms. The van der Waals surface area contributed by atoms with Crippen LogP contribution in [0.5, 0.6) is 0 Å². The van der Waals surface area contributed by atoms with Crippen LogP contribution in [0.15, 0.2) is 18.2 Å². The Morgan fingerprint density at radius 3 is 2.48 bits per heavy atom. The minimum absolute atomic E-state index is 0.378. The normalized spacial score (nSPS) is 11.6. The molecule has 0 unspecified atom stereocenters. The van der Waals surface area contributed by atoms with E-state index in [1.54, 1.807) is 6.07 Å². The maximum absolute atomic E-state index is 14.1. The molecule has 1 aromatic rings. The Morgan fingerprint density at radius 1 is 1.29 bits per heavy atom. The van der Waals surface area contributed by atoms with E-state index in [1.165, 1.54) is 12.1 Å². The van der Waals surface area contributed by atoms with Gasteiger partial charge in [-0.2, -0.15) is 4.39 Å². The summed E-state index contributed by atoms with van der Waals surface area (Å²) in [4.78, 5) is 14.3. The average Bonchev–Trinajstić information content (AvgIpc) is 2.37. The van der Waals surface area contributed by atoms with Crippen molar-refractivity contribution in [2.24, 2.45) is 5.92 Å². The molecule has 0 aliphatic heterocycles. The van der Waals surface area contributed by atoms with Crippen LogP contribution in [-0.2, 0) is 6.54 Å². The highest BCUT2D eigenvalue weighted by molar-refractivity contribution is 5.36. The molecule has 0 aromatic heterocycles. The van der Waals surface area contributed by atoms with E-state index < -0.39 is 16.4 Å². The lowest BCUT2D eigenvalue weighted by atomic mass is 10.1. The van der Waals surface area contributed by atoms with Crippen molar-refractivity contribution >= 4 is 5.69 Å². The molecule has 0 atom stereocenters. The van der Waals surface area contributed by atoms with Crippen molar-refractivity contribution in [2.45, 2.75) is 20.4 Å². The summed E-state index contributed by atoms with van der Waals surface area (Å²) in [5.74, 6) is -0.268. The van der Waals surface area contributed by atoms with Gasteiger partial charge in [0, 0.05) is 37.8 Å². The maximum atomic E-state index is 14.1. The predicted octanol–water partition coefficient (Wildman–Crippen LogP) is 2.75. The first-order chi connectivity index (χ1) is 9.81. The summed E-state index contributed by atoms with van der Waals surface area (Å²) in [5.41, 5.74) is -0.0757. The summed E-state index contributed by atoms with van der Waals surface area (Å²) >= 11 is 0. The van der Waals surface area contributed by atoms with Crippen molar-refractivity contribution in [3.05, 3.63) is 39.7 Å². The third kappa shape index (κ3) is 5.77. The fourth-order valence-corrected chi connectivity index (χ4v) is 2.16. The number of nitro benzene ring substituents is 1. The number of benzene rings is 1. The Bertz CT molecular complexity index is 478.